The van der Waals surface area contributed by atoms with E-state index in [1.165, 1.54) is 22.5 Å². The van der Waals surface area contributed by atoms with E-state index in [1.54, 1.807) is 41.3 Å². The third kappa shape index (κ3) is 4.80. The predicted octanol–water partition coefficient (Wildman–Crippen LogP) is 3.41. The molecule has 29 heavy (non-hydrogen) atoms. The van der Waals surface area contributed by atoms with Crippen molar-refractivity contribution < 1.29 is 13.2 Å². The van der Waals surface area contributed by atoms with Gasteiger partial charge in [-0.25, -0.2) is 8.42 Å². The minimum atomic E-state index is -3.79. The van der Waals surface area contributed by atoms with E-state index in [9.17, 15) is 18.5 Å². The van der Waals surface area contributed by atoms with Crippen LogP contribution in [0.5, 0.6) is 0 Å². The number of piperazine rings is 1. The first-order valence-electron chi connectivity index (χ1n) is 8.74. The lowest BCUT2D eigenvalue weighted by molar-refractivity contribution is -0.127. The summed E-state index contributed by atoms with van der Waals surface area (Å²) in [4.78, 5) is 14.0. The van der Waals surface area contributed by atoms with E-state index in [0.717, 1.165) is 5.56 Å². The van der Waals surface area contributed by atoms with Crippen molar-refractivity contribution in [2.75, 3.05) is 26.2 Å². The highest BCUT2D eigenvalue weighted by atomic mass is 35.5. The van der Waals surface area contributed by atoms with Gasteiger partial charge in [0.15, 0.2) is 0 Å². The van der Waals surface area contributed by atoms with Crippen molar-refractivity contribution in [3.63, 3.8) is 0 Å². The largest absolute Gasteiger partial charge is 0.337 e. The number of rotatable bonds is 4. The number of benzene rings is 2. The van der Waals surface area contributed by atoms with E-state index in [0.29, 0.717) is 10.0 Å². The Balaban J connectivity index is 1.65. The Labute approximate surface area is 179 Å². The van der Waals surface area contributed by atoms with Gasteiger partial charge in [-0.1, -0.05) is 41.4 Å². The van der Waals surface area contributed by atoms with Gasteiger partial charge in [-0.05, 0) is 35.9 Å². The summed E-state index contributed by atoms with van der Waals surface area (Å²) < 4.78 is 27.0. The second-order valence-corrected chi connectivity index (χ2v) is 9.06. The van der Waals surface area contributed by atoms with E-state index in [1.807, 2.05) is 6.07 Å². The van der Waals surface area contributed by atoms with E-state index in [2.05, 4.69) is 0 Å². The average Bonchev–Trinajstić information content (AvgIpc) is 2.74. The maximum atomic E-state index is 12.8. The summed E-state index contributed by atoms with van der Waals surface area (Å²) in [6, 6.07) is 13.1. The molecule has 0 radical (unpaired) electrons. The van der Waals surface area contributed by atoms with Crippen molar-refractivity contribution in [3.05, 3.63) is 69.7 Å². The highest BCUT2D eigenvalue weighted by Gasteiger charge is 2.31. The zero-order valence-corrected chi connectivity index (χ0v) is 17.6. The molecular weight excluding hydrogens is 433 g/mol. The van der Waals surface area contributed by atoms with E-state index >= 15 is 0 Å². The zero-order chi connectivity index (χ0) is 21.0. The van der Waals surface area contributed by atoms with Crippen molar-refractivity contribution in [1.82, 2.24) is 9.21 Å². The van der Waals surface area contributed by atoms with Gasteiger partial charge < -0.3 is 4.90 Å². The van der Waals surface area contributed by atoms with Crippen LogP contribution in [0.4, 0.5) is 0 Å². The van der Waals surface area contributed by atoms with Crippen LogP contribution in [-0.4, -0.2) is 49.7 Å². The Bertz CT molecular complexity index is 1100. The molecule has 1 amide bonds. The third-order valence-corrected chi connectivity index (χ3v) is 7.23. The Kier molecular flexibility index (Phi) is 6.60. The first-order chi connectivity index (χ1) is 13.8. The second kappa shape index (κ2) is 8.97. The van der Waals surface area contributed by atoms with Gasteiger partial charge >= 0.3 is 0 Å². The minimum Gasteiger partial charge on any atom is -0.337 e. The Morgan fingerprint density at radius 3 is 2.38 bits per heavy atom. The number of carbonyl (C=O) groups excluding carboxylic acids is 1. The average molecular weight is 450 g/mol. The highest BCUT2D eigenvalue weighted by Crippen LogP contribution is 2.23. The van der Waals surface area contributed by atoms with Gasteiger partial charge in [0.2, 0.25) is 15.9 Å². The van der Waals surface area contributed by atoms with E-state index in [-0.39, 0.29) is 42.5 Å². The molecule has 1 aliphatic heterocycles. The lowest BCUT2D eigenvalue weighted by Gasteiger charge is -2.33. The Morgan fingerprint density at radius 1 is 1.03 bits per heavy atom. The molecule has 6 nitrogen and oxygen atoms in total. The van der Waals surface area contributed by atoms with Crippen LogP contribution >= 0.6 is 23.2 Å². The number of carbonyl (C=O) groups is 1. The maximum absolute atomic E-state index is 12.8. The van der Waals surface area contributed by atoms with Crippen molar-refractivity contribution in [1.29, 1.82) is 5.26 Å². The molecule has 1 aliphatic rings. The fourth-order valence-corrected chi connectivity index (χ4v) is 4.83. The molecule has 1 heterocycles. The molecule has 2 aromatic rings. The summed E-state index contributed by atoms with van der Waals surface area (Å²) in [5.41, 5.74) is 0.845. The Morgan fingerprint density at radius 2 is 1.72 bits per heavy atom. The number of amides is 1. The van der Waals surface area contributed by atoms with Gasteiger partial charge in [0.1, 0.15) is 6.07 Å². The zero-order valence-electron chi connectivity index (χ0n) is 15.3. The van der Waals surface area contributed by atoms with Crippen LogP contribution in [0.2, 0.25) is 10.0 Å². The number of hydrogen-bond acceptors (Lipinski definition) is 4. The quantitative estimate of drug-likeness (QED) is 0.669. The molecule has 0 spiro atoms. The number of halogens is 2. The molecular formula is C20H17Cl2N3O3S. The summed E-state index contributed by atoms with van der Waals surface area (Å²) in [6.45, 7) is 0.847. The standard InChI is InChI=1S/C20H17Cl2N3O3S/c21-17-7-5-15(13-18(17)22)6-8-20(26)24-9-11-25(12-10-24)29(27,28)19-4-2-1-3-16(19)14-23/h1-8,13H,9-12H2/b8-6+. The molecule has 0 saturated carbocycles. The molecule has 0 unspecified atom stereocenters. The maximum Gasteiger partial charge on any atom is 0.246 e. The van der Waals surface area contributed by atoms with Crippen molar-refractivity contribution in [3.8, 4) is 6.07 Å². The molecule has 0 bridgehead atoms. The van der Waals surface area contributed by atoms with Gasteiger partial charge in [-0.2, -0.15) is 9.57 Å². The van der Waals surface area contributed by atoms with Gasteiger partial charge in [0, 0.05) is 32.3 Å². The van der Waals surface area contributed by atoms with Gasteiger partial charge in [0.05, 0.1) is 20.5 Å². The first-order valence-corrected chi connectivity index (χ1v) is 10.9. The van der Waals surface area contributed by atoms with Crippen LogP contribution in [0.3, 0.4) is 0 Å². The summed E-state index contributed by atoms with van der Waals surface area (Å²) in [7, 11) is -3.79. The molecule has 150 valence electrons. The molecule has 3 rings (SSSR count). The number of nitrogens with zero attached hydrogens (tertiary/aromatic N) is 3. The van der Waals surface area contributed by atoms with Crippen LogP contribution in [0.1, 0.15) is 11.1 Å². The van der Waals surface area contributed by atoms with E-state index < -0.39 is 10.0 Å². The molecule has 0 aliphatic carbocycles. The molecule has 1 saturated heterocycles. The second-order valence-electron chi connectivity index (χ2n) is 6.34. The highest BCUT2D eigenvalue weighted by molar-refractivity contribution is 7.89. The third-order valence-electron chi connectivity index (χ3n) is 4.54. The lowest BCUT2D eigenvalue weighted by Crippen LogP contribution is -2.50. The van der Waals surface area contributed by atoms with E-state index in [4.69, 9.17) is 23.2 Å². The lowest BCUT2D eigenvalue weighted by atomic mass is 10.2. The number of sulfonamides is 1. The molecule has 9 heteroatoms. The summed E-state index contributed by atoms with van der Waals surface area (Å²) in [5, 5.41) is 10.0. The smallest absolute Gasteiger partial charge is 0.246 e. The summed E-state index contributed by atoms with van der Waals surface area (Å²) in [5.74, 6) is -0.217. The van der Waals surface area contributed by atoms with Crippen LogP contribution in [-0.2, 0) is 14.8 Å². The molecule has 0 N–H and O–H groups in total. The summed E-state index contributed by atoms with van der Waals surface area (Å²) >= 11 is 11.8. The molecule has 2 aromatic carbocycles. The van der Waals surface area contributed by atoms with Crippen LogP contribution in [0.25, 0.3) is 6.08 Å². The molecule has 1 fully saturated rings. The van der Waals surface area contributed by atoms with Crippen molar-refractivity contribution >= 4 is 45.2 Å². The van der Waals surface area contributed by atoms with Crippen molar-refractivity contribution in [2.45, 2.75) is 4.90 Å². The van der Waals surface area contributed by atoms with Gasteiger partial charge in [0.25, 0.3) is 0 Å². The van der Waals surface area contributed by atoms with Crippen LogP contribution in [0.15, 0.2) is 53.4 Å². The topological polar surface area (TPSA) is 81.5 Å². The molecule has 0 atom stereocenters. The van der Waals surface area contributed by atoms with Crippen LogP contribution < -0.4 is 0 Å². The van der Waals surface area contributed by atoms with Gasteiger partial charge in [-0.15, -0.1) is 0 Å². The SMILES string of the molecule is N#Cc1ccccc1S(=O)(=O)N1CCN(C(=O)/C=C/c2ccc(Cl)c(Cl)c2)CC1. The van der Waals surface area contributed by atoms with Gasteiger partial charge in [-0.3, -0.25) is 4.79 Å². The minimum absolute atomic E-state index is 0.0122. The monoisotopic (exact) mass is 449 g/mol. The van der Waals surface area contributed by atoms with Crippen molar-refractivity contribution in [2.24, 2.45) is 0 Å². The number of nitriles is 1. The predicted molar refractivity (Wildman–Crippen MR) is 112 cm³/mol. The number of hydrogen-bond donors (Lipinski definition) is 0. The fourth-order valence-electron chi connectivity index (χ4n) is 2.96. The van der Waals surface area contributed by atoms with Crippen LogP contribution in [0, 0.1) is 11.3 Å². The fraction of sp³-hybridized carbons (Fsp3) is 0.200. The Hall–Kier alpha value is -2.37. The summed E-state index contributed by atoms with van der Waals surface area (Å²) in [6.07, 6.45) is 3.06. The normalized spacial score (nSPS) is 15.4. The molecule has 0 aromatic heterocycles. The first kappa shape index (κ1) is 21.3.